The highest BCUT2D eigenvalue weighted by molar-refractivity contribution is 5.86. The third kappa shape index (κ3) is 3.07. The maximum absolute atomic E-state index is 12.2. The molecule has 0 spiro atoms. The van der Waals surface area contributed by atoms with E-state index in [1.54, 1.807) is 0 Å². The lowest BCUT2D eigenvalue weighted by molar-refractivity contribution is -0.122. The minimum absolute atomic E-state index is 0.0848. The van der Waals surface area contributed by atoms with Gasteiger partial charge in [0.2, 0.25) is 5.91 Å². The van der Waals surface area contributed by atoms with Crippen LogP contribution >= 0.6 is 0 Å². The summed E-state index contributed by atoms with van der Waals surface area (Å²) in [4.78, 5) is 12.2. The number of benzene rings is 2. The Morgan fingerprint density at radius 2 is 1.90 bits per heavy atom. The monoisotopic (exact) mass is 280 g/mol. The second kappa shape index (κ2) is 6.00. The molecule has 0 fully saturated rings. The van der Waals surface area contributed by atoms with Gasteiger partial charge in [0.15, 0.2) is 0 Å². The molecule has 2 N–H and O–H groups in total. The Morgan fingerprint density at radius 1 is 1.10 bits per heavy atom. The first-order valence-electron chi connectivity index (χ1n) is 7.41. The Balaban J connectivity index is 1.74. The number of aryl methyl sites for hydroxylation is 2. The van der Waals surface area contributed by atoms with Crippen LogP contribution in [0.2, 0.25) is 0 Å². The van der Waals surface area contributed by atoms with Crippen molar-refractivity contribution in [3.05, 3.63) is 65.2 Å². The summed E-state index contributed by atoms with van der Waals surface area (Å²) >= 11 is 0. The topological polar surface area (TPSA) is 41.1 Å². The number of fused-ring (bicyclic) bond motifs is 1. The van der Waals surface area contributed by atoms with E-state index in [2.05, 4.69) is 41.8 Å². The number of carbonyl (C=O) groups excluding carboxylic acids is 1. The number of hydrogen-bond acceptors (Lipinski definition) is 2. The van der Waals surface area contributed by atoms with Crippen LogP contribution < -0.4 is 10.6 Å². The second-order valence-corrected chi connectivity index (χ2v) is 5.54. The van der Waals surface area contributed by atoms with Gasteiger partial charge in [-0.2, -0.15) is 0 Å². The highest BCUT2D eigenvalue weighted by Gasteiger charge is 2.23. The summed E-state index contributed by atoms with van der Waals surface area (Å²) in [6, 6.07) is 16.3. The zero-order chi connectivity index (χ0) is 14.7. The quantitative estimate of drug-likeness (QED) is 0.907. The van der Waals surface area contributed by atoms with Crippen LogP contribution in [-0.4, -0.2) is 11.9 Å². The predicted octanol–water partition coefficient (Wildman–Crippen LogP) is 3.04. The Bertz CT molecular complexity index is 637. The molecule has 1 atom stereocenters. The molecule has 1 unspecified atom stereocenters. The van der Waals surface area contributed by atoms with Gasteiger partial charge >= 0.3 is 0 Å². The van der Waals surface area contributed by atoms with Gasteiger partial charge in [-0.25, -0.2) is 0 Å². The van der Waals surface area contributed by atoms with Crippen molar-refractivity contribution >= 4 is 11.6 Å². The van der Waals surface area contributed by atoms with Crippen LogP contribution in [0.15, 0.2) is 48.5 Å². The molecule has 1 amide bonds. The third-order valence-electron chi connectivity index (χ3n) is 4.06. The zero-order valence-corrected chi connectivity index (χ0v) is 12.2. The van der Waals surface area contributed by atoms with Crippen LogP contribution in [0.1, 0.15) is 23.1 Å². The molecule has 2 aromatic carbocycles. The van der Waals surface area contributed by atoms with E-state index in [1.165, 1.54) is 16.7 Å². The molecule has 1 aliphatic rings. The van der Waals surface area contributed by atoms with E-state index < -0.39 is 0 Å². The number of hydrogen-bond donors (Lipinski definition) is 2. The van der Waals surface area contributed by atoms with Gasteiger partial charge < -0.3 is 10.6 Å². The van der Waals surface area contributed by atoms with E-state index in [-0.39, 0.29) is 11.9 Å². The first-order chi connectivity index (χ1) is 10.2. The molecule has 3 nitrogen and oxygen atoms in total. The van der Waals surface area contributed by atoms with Crippen molar-refractivity contribution in [3.63, 3.8) is 0 Å². The molecule has 0 saturated heterocycles. The Morgan fingerprint density at radius 3 is 2.71 bits per heavy atom. The van der Waals surface area contributed by atoms with Crippen LogP contribution in [-0.2, 0) is 17.8 Å². The van der Waals surface area contributed by atoms with Crippen molar-refractivity contribution in [1.29, 1.82) is 0 Å². The molecule has 21 heavy (non-hydrogen) atoms. The summed E-state index contributed by atoms with van der Waals surface area (Å²) in [5, 5.41) is 6.43. The fourth-order valence-electron chi connectivity index (χ4n) is 2.78. The highest BCUT2D eigenvalue weighted by atomic mass is 16.2. The van der Waals surface area contributed by atoms with Crippen molar-refractivity contribution in [2.24, 2.45) is 0 Å². The number of nitrogens with one attached hydrogen (secondary N) is 2. The van der Waals surface area contributed by atoms with Gasteiger partial charge in [-0.3, -0.25) is 4.79 Å². The average Bonchev–Trinajstić information content (AvgIpc) is 2.67. The second-order valence-electron chi connectivity index (χ2n) is 5.54. The molecule has 1 heterocycles. The van der Waals surface area contributed by atoms with Gasteiger partial charge in [-0.05, 0) is 42.5 Å². The highest BCUT2D eigenvalue weighted by Crippen LogP contribution is 2.23. The zero-order valence-electron chi connectivity index (χ0n) is 12.2. The molecule has 0 saturated carbocycles. The lowest BCUT2D eigenvalue weighted by Crippen LogP contribution is -2.37. The Labute approximate surface area is 125 Å². The van der Waals surface area contributed by atoms with Gasteiger partial charge in [0.1, 0.15) is 6.04 Å². The van der Waals surface area contributed by atoms with E-state index in [0.29, 0.717) is 6.54 Å². The summed E-state index contributed by atoms with van der Waals surface area (Å²) in [5.74, 6) is 0.0848. The molecule has 0 aromatic heterocycles. The Kier molecular flexibility index (Phi) is 3.91. The third-order valence-corrected chi connectivity index (χ3v) is 4.06. The minimum Gasteiger partial charge on any atom is -0.373 e. The predicted molar refractivity (Wildman–Crippen MR) is 85.2 cm³/mol. The maximum atomic E-state index is 12.2. The summed E-state index contributed by atoms with van der Waals surface area (Å²) in [6.45, 7) is 2.69. The molecular formula is C18H20N2O. The Hall–Kier alpha value is -2.29. The fourth-order valence-corrected chi connectivity index (χ4v) is 2.78. The fraction of sp³-hybridized carbons (Fsp3) is 0.278. The molecular weight excluding hydrogens is 260 g/mol. The average molecular weight is 280 g/mol. The van der Waals surface area contributed by atoms with Crippen molar-refractivity contribution < 1.29 is 4.79 Å². The van der Waals surface area contributed by atoms with Crippen molar-refractivity contribution in [3.8, 4) is 0 Å². The summed E-state index contributed by atoms with van der Waals surface area (Å²) in [7, 11) is 0. The van der Waals surface area contributed by atoms with Gasteiger partial charge in [-0.15, -0.1) is 0 Å². The standard InChI is InChI=1S/C18H20N2O/c1-13-6-5-9-16-15(13)12-19-18(21)17(20-16)11-10-14-7-3-2-4-8-14/h2-9,17,20H,10-12H2,1H3,(H,19,21). The number of rotatable bonds is 3. The lowest BCUT2D eigenvalue weighted by atomic mass is 10.0. The molecule has 2 aromatic rings. The minimum atomic E-state index is -0.173. The van der Waals surface area contributed by atoms with Crippen LogP contribution in [0.4, 0.5) is 5.69 Å². The van der Waals surface area contributed by atoms with E-state index >= 15 is 0 Å². The summed E-state index contributed by atoms with van der Waals surface area (Å²) in [6.07, 6.45) is 1.69. The van der Waals surface area contributed by atoms with Gasteiger partial charge in [0.05, 0.1) is 0 Å². The molecule has 3 rings (SSSR count). The van der Waals surface area contributed by atoms with Crippen LogP contribution in [0.3, 0.4) is 0 Å². The van der Waals surface area contributed by atoms with Gasteiger partial charge in [0, 0.05) is 12.2 Å². The van der Waals surface area contributed by atoms with Crippen LogP contribution in [0.25, 0.3) is 0 Å². The molecule has 0 bridgehead atoms. The van der Waals surface area contributed by atoms with E-state index in [4.69, 9.17) is 0 Å². The smallest absolute Gasteiger partial charge is 0.242 e. The summed E-state index contributed by atoms with van der Waals surface area (Å²) < 4.78 is 0. The van der Waals surface area contributed by atoms with Crippen molar-refractivity contribution in [2.45, 2.75) is 32.4 Å². The van der Waals surface area contributed by atoms with E-state index in [9.17, 15) is 4.79 Å². The molecule has 108 valence electrons. The number of amides is 1. The largest absolute Gasteiger partial charge is 0.373 e. The van der Waals surface area contributed by atoms with E-state index in [0.717, 1.165) is 18.5 Å². The van der Waals surface area contributed by atoms with Crippen LogP contribution in [0.5, 0.6) is 0 Å². The first kappa shape index (κ1) is 13.7. The lowest BCUT2D eigenvalue weighted by Gasteiger charge is -2.16. The molecule has 3 heteroatoms. The number of anilines is 1. The van der Waals surface area contributed by atoms with Gasteiger partial charge in [-0.1, -0.05) is 42.5 Å². The van der Waals surface area contributed by atoms with Crippen LogP contribution in [0, 0.1) is 6.92 Å². The SMILES string of the molecule is Cc1cccc2c1CNC(=O)C(CCc1ccccc1)N2. The maximum Gasteiger partial charge on any atom is 0.242 e. The molecule has 0 radical (unpaired) electrons. The summed E-state index contributed by atoms with van der Waals surface area (Å²) in [5.41, 5.74) is 4.74. The normalized spacial score (nSPS) is 17.4. The molecule has 1 aliphatic heterocycles. The molecule has 0 aliphatic carbocycles. The van der Waals surface area contributed by atoms with Crippen molar-refractivity contribution in [1.82, 2.24) is 5.32 Å². The van der Waals surface area contributed by atoms with Crippen molar-refractivity contribution in [2.75, 3.05) is 5.32 Å². The van der Waals surface area contributed by atoms with E-state index in [1.807, 2.05) is 24.3 Å². The van der Waals surface area contributed by atoms with Gasteiger partial charge in [0.25, 0.3) is 0 Å². The number of carbonyl (C=O) groups is 1. The first-order valence-corrected chi connectivity index (χ1v) is 7.41.